The normalized spacial score (nSPS) is 11.8. The zero-order valence-corrected chi connectivity index (χ0v) is 12.5. The lowest BCUT2D eigenvalue weighted by Gasteiger charge is -2.06. The second kappa shape index (κ2) is 5.26. The topological polar surface area (TPSA) is 38.5 Å². The molecule has 0 radical (unpaired) electrons. The van der Waals surface area contributed by atoms with Crippen molar-refractivity contribution < 1.29 is 0 Å². The quantitative estimate of drug-likeness (QED) is 0.842. The zero-order chi connectivity index (χ0) is 13.3. The average Bonchev–Trinajstić information content (AvgIpc) is 2.77. The van der Waals surface area contributed by atoms with Crippen LogP contribution in [0.15, 0.2) is 0 Å². The Morgan fingerprint density at radius 1 is 1.39 bits per heavy atom. The van der Waals surface area contributed by atoms with E-state index >= 15 is 0 Å². The number of imidazole rings is 1. The minimum atomic E-state index is 0.742. The molecule has 0 spiro atoms. The number of H-pyrrole nitrogens is 1. The van der Waals surface area contributed by atoms with Crippen molar-refractivity contribution in [2.75, 3.05) is 0 Å². The maximum atomic E-state index is 5.42. The van der Waals surface area contributed by atoms with Gasteiger partial charge in [-0.2, -0.15) is 5.10 Å². The first-order valence-electron chi connectivity index (χ1n) is 6.69. The van der Waals surface area contributed by atoms with Gasteiger partial charge in [0.05, 0.1) is 5.69 Å². The molecule has 0 atom stereocenters. The van der Waals surface area contributed by atoms with Gasteiger partial charge in [-0.3, -0.25) is 4.68 Å². The lowest BCUT2D eigenvalue weighted by Crippen LogP contribution is -2.04. The van der Waals surface area contributed by atoms with E-state index in [2.05, 4.69) is 35.4 Å². The van der Waals surface area contributed by atoms with Gasteiger partial charge in [0.1, 0.15) is 5.52 Å². The molecule has 2 rings (SSSR count). The van der Waals surface area contributed by atoms with Crippen LogP contribution in [0.2, 0.25) is 0 Å². The number of aromatic nitrogens is 4. The van der Waals surface area contributed by atoms with Crippen LogP contribution < -0.4 is 0 Å². The molecule has 0 unspecified atom stereocenters. The van der Waals surface area contributed by atoms with Crippen molar-refractivity contribution in [3.05, 3.63) is 10.5 Å². The number of aromatic amines is 1. The standard InChI is InChI=1S/C13H22N4S/c1-5-10-11-12(16(4)15-10)17(13(18)14-11)8-6-7-9(2)3/h9H,5-8H2,1-4H3,(H,14,18). The summed E-state index contributed by atoms with van der Waals surface area (Å²) < 4.78 is 4.94. The fraction of sp³-hybridized carbons (Fsp3) is 0.692. The van der Waals surface area contributed by atoms with Gasteiger partial charge in [-0.05, 0) is 37.4 Å². The van der Waals surface area contributed by atoms with Crippen molar-refractivity contribution in [2.45, 2.75) is 46.6 Å². The van der Waals surface area contributed by atoms with Gasteiger partial charge >= 0.3 is 0 Å². The Morgan fingerprint density at radius 3 is 2.72 bits per heavy atom. The lowest BCUT2D eigenvalue weighted by molar-refractivity contribution is 0.510. The molecule has 0 fully saturated rings. The predicted molar refractivity (Wildman–Crippen MR) is 77.3 cm³/mol. The predicted octanol–water partition coefficient (Wildman–Crippen LogP) is 3.43. The van der Waals surface area contributed by atoms with Crippen LogP contribution >= 0.6 is 12.2 Å². The van der Waals surface area contributed by atoms with Crippen LogP contribution in [0.1, 0.15) is 39.3 Å². The maximum absolute atomic E-state index is 5.42. The van der Waals surface area contributed by atoms with Gasteiger partial charge in [0, 0.05) is 13.6 Å². The fourth-order valence-corrected chi connectivity index (χ4v) is 2.67. The summed E-state index contributed by atoms with van der Waals surface area (Å²) in [5, 5.41) is 4.53. The van der Waals surface area contributed by atoms with E-state index in [0.29, 0.717) is 0 Å². The third-order valence-electron chi connectivity index (χ3n) is 3.32. The Morgan fingerprint density at radius 2 is 2.11 bits per heavy atom. The van der Waals surface area contributed by atoms with Gasteiger partial charge in [-0.1, -0.05) is 20.8 Å². The molecular formula is C13H22N4S. The van der Waals surface area contributed by atoms with Crippen LogP contribution in [0.25, 0.3) is 11.2 Å². The second-order valence-corrected chi connectivity index (χ2v) is 5.63. The summed E-state index contributed by atoms with van der Waals surface area (Å²) in [6.07, 6.45) is 3.32. The number of nitrogens with one attached hydrogen (secondary N) is 1. The highest BCUT2D eigenvalue weighted by Gasteiger charge is 2.13. The Balaban J connectivity index is 2.35. The number of aryl methyl sites for hydroxylation is 3. The van der Waals surface area contributed by atoms with E-state index in [4.69, 9.17) is 12.2 Å². The van der Waals surface area contributed by atoms with Crippen LogP contribution in [0, 0.1) is 10.7 Å². The first kappa shape index (κ1) is 13.3. The van der Waals surface area contributed by atoms with Crippen molar-refractivity contribution in [3.8, 4) is 0 Å². The summed E-state index contributed by atoms with van der Waals surface area (Å²) in [6.45, 7) is 7.60. The summed E-state index contributed by atoms with van der Waals surface area (Å²) in [5.74, 6) is 0.742. The lowest BCUT2D eigenvalue weighted by atomic mass is 10.1. The Labute approximate surface area is 113 Å². The van der Waals surface area contributed by atoms with E-state index < -0.39 is 0 Å². The highest BCUT2D eigenvalue weighted by Crippen LogP contribution is 2.19. The third-order valence-corrected chi connectivity index (χ3v) is 3.64. The number of hydrogen-bond donors (Lipinski definition) is 1. The summed E-state index contributed by atoms with van der Waals surface area (Å²) >= 11 is 5.42. The van der Waals surface area contributed by atoms with Crippen molar-refractivity contribution in [3.63, 3.8) is 0 Å². The van der Waals surface area contributed by atoms with E-state index in [9.17, 15) is 0 Å². The first-order chi connectivity index (χ1) is 8.54. The Hall–Kier alpha value is -1.10. The molecule has 0 bridgehead atoms. The van der Waals surface area contributed by atoms with Gasteiger partial charge in [0.15, 0.2) is 10.4 Å². The molecule has 0 saturated heterocycles. The van der Waals surface area contributed by atoms with Crippen molar-refractivity contribution in [1.29, 1.82) is 0 Å². The monoisotopic (exact) mass is 266 g/mol. The molecule has 0 amide bonds. The van der Waals surface area contributed by atoms with Crippen molar-refractivity contribution >= 4 is 23.4 Å². The molecule has 0 saturated carbocycles. The van der Waals surface area contributed by atoms with E-state index in [-0.39, 0.29) is 0 Å². The SMILES string of the molecule is CCc1nn(C)c2c1[nH]c(=S)n2CCCC(C)C. The molecule has 100 valence electrons. The molecular weight excluding hydrogens is 244 g/mol. The minimum Gasteiger partial charge on any atom is -0.328 e. The summed E-state index contributed by atoms with van der Waals surface area (Å²) in [6, 6.07) is 0. The van der Waals surface area contributed by atoms with E-state index in [1.807, 2.05) is 11.7 Å². The van der Waals surface area contributed by atoms with E-state index in [1.165, 1.54) is 6.42 Å². The van der Waals surface area contributed by atoms with E-state index in [0.717, 1.165) is 46.9 Å². The molecule has 4 nitrogen and oxygen atoms in total. The highest BCUT2D eigenvalue weighted by atomic mass is 32.1. The molecule has 1 N–H and O–H groups in total. The Kier molecular flexibility index (Phi) is 3.90. The minimum absolute atomic E-state index is 0.742. The van der Waals surface area contributed by atoms with E-state index in [1.54, 1.807) is 0 Å². The van der Waals surface area contributed by atoms with Gasteiger partial charge in [0.25, 0.3) is 0 Å². The zero-order valence-electron chi connectivity index (χ0n) is 11.7. The Bertz CT molecular complexity index is 588. The van der Waals surface area contributed by atoms with Crippen LogP contribution in [0.4, 0.5) is 0 Å². The molecule has 2 aromatic heterocycles. The fourth-order valence-electron chi connectivity index (χ4n) is 2.39. The van der Waals surface area contributed by atoms with Crippen LogP contribution in [0.5, 0.6) is 0 Å². The molecule has 0 aliphatic carbocycles. The van der Waals surface area contributed by atoms with Gasteiger partial charge < -0.3 is 9.55 Å². The second-order valence-electron chi connectivity index (χ2n) is 5.24. The number of fused-ring (bicyclic) bond motifs is 1. The van der Waals surface area contributed by atoms with Gasteiger partial charge in [-0.25, -0.2) is 0 Å². The molecule has 0 aliphatic rings. The first-order valence-corrected chi connectivity index (χ1v) is 7.09. The third kappa shape index (κ3) is 2.36. The molecule has 18 heavy (non-hydrogen) atoms. The van der Waals surface area contributed by atoms with Crippen LogP contribution in [-0.4, -0.2) is 19.3 Å². The van der Waals surface area contributed by atoms with Crippen LogP contribution in [-0.2, 0) is 20.0 Å². The molecule has 0 aliphatic heterocycles. The average molecular weight is 266 g/mol. The highest BCUT2D eigenvalue weighted by molar-refractivity contribution is 7.71. The van der Waals surface area contributed by atoms with Crippen LogP contribution in [0.3, 0.4) is 0 Å². The molecule has 0 aromatic carbocycles. The smallest absolute Gasteiger partial charge is 0.179 e. The molecule has 2 aromatic rings. The largest absolute Gasteiger partial charge is 0.328 e. The summed E-state index contributed by atoms with van der Waals surface area (Å²) in [7, 11) is 1.99. The summed E-state index contributed by atoms with van der Waals surface area (Å²) in [4.78, 5) is 3.30. The molecule has 2 heterocycles. The number of hydrogen-bond acceptors (Lipinski definition) is 2. The van der Waals surface area contributed by atoms with Crippen molar-refractivity contribution in [1.82, 2.24) is 19.3 Å². The van der Waals surface area contributed by atoms with Crippen molar-refractivity contribution in [2.24, 2.45) is 13.0 Å². The van der Waals surface area contributed by atoms with Gasteiger partial charge in [0.2, 0.25) is 0 Å². The maximum Gasteiger partial charge on any atom is 0.179 e. The van der Waals surface area contributed by atoms with Gasteiger partial charge in [-0.15, -0.1) is 0 Å². The number of nitrogens with zero attached hydrogens (tertiary/aromatic N) is 3. The summed E-state index contributed by atoms with van der Waals surface area (Å²) in [5.41, 5.74) is 3.33. The number of rotatable bonds is 5. The molecule has 5 heteroatoms.